The number of nitrogens with zero attached hydrogens (tertiary/aromatic N) is 2. The molecular formula is C18H19FN2O. The summed E-state index contributed by atoms with van der Waals surface area (Å²) in [5.41, 5.74) is 1.68. The lowest BCUT2D eigenvalue weighted by molar-refractivity contribution is 0.0689. The van der Waals surface area contributed by atoms with Crippen molar-refractivity contribution in [2.24, 2.45) is 5.92 Å². The van der Waals surface area contributed by atoms with Crippen molar-refractivity contribution >= 4 is 5.91 Å². The fraction of sp³-hybridized carbons (Fsp3) is 0.333. The van der Waals surface area contributed by atoms with Crippen molar-refractivity contribution in [2.75, 3.05) is 13.1 Å². The van der Waals surface area contributed by atoms with Crippen LogP contribution in [-0.4, -0.2) is 28.9 Å². The van der Waals surface area contributed by atoms with Crippen LogP contribution in [0.1, 0.15) is 28.8 Å². The van der Waals surface area contributed by atoms with Gasteiger partial charge in [0.2, 0.25) is 0 Å². The first-order valence-electron chi connectivity index (χ1n) is 7.66. The third-order valence-electron chi connectivity index (χ3n) is 4.22. The summed E-state index contributed by atoms with van der Waals surface area (Å²) in [4.78, 5) is 17.9. The van der Waals surface area contributed by atoms with Crippen LogP contribution in [0.3, 0.4) is 0 Å². The summed E-state index contributed by atoms with van der Waals surface area (Å²) in [5.74, 6) is 0.0204. The van der Waals surface area contributed by atoms with Crippen molar-refractivity contribution in [3.63, 3.8) is 0 Å². The summed E-state index contributed by atoms with van der Waals surface area (Å²) in [5, 5.41) is 0. The summed E-state index contributed by atoms with van der Waals surface area (Å²) in [6, 6.07) is 11.7. The van der Waals surface area contributed by atoms with Crippen LogP contribution in [0.2, 0.25) is 0 Å². The first-order chi connectivity index (χ1) is 10.7. The number of carbonyl (C=O) groups is 1. The van der Waals surface area contributed by atoms with Gasteiger partial charge in [-0.15, -0.1) is 0 Å². The second-order valence-electron chi connectivity index (χ2n) is 5.82. The number of benzene rings is 1. The summed E-state index contributed by atoms with van der Waals surface area (Å²) in [6.45, 7) is 1.46. The number of rotatable bonds is 3. The molecule has 0 saturated carbocycles. The van der Waals surface area contributed by atoms with Gasteiger partial charge in [-0.1, -0.05) is 30.3 Å². The third kappa shape index (κ3) is 3.50. The molecule has 22 heavy (non-hydrogen) atoms. The number of hydrogen-bond acceptors (Lipinski definition) is 2. The monoisotopic (exact) mass is 298 g/mol. The van der Waals surface area contributed by atoms with Gasteiger partial charge in [0.1, 0.15) is 5.82 Å². The molecule has 3 rings (SSSR count). The van der Waals surface area contributed by atoms with Crippen molar-refractivity contribution in [2.45, 2.75) is 19.3 Å². The van der Waals surface area contributed by atoms with E-state index in [2.05, 4.69) is 29.2 Å². The zero-order chi connectivity index (χ0) is 15.4. The highest BCUT2D eigenvalue weighted by atomic mass is 19.1. The molecule has 0 atom stereocenters. The molecular weight excluding hydrogens is 279 g/mol. The molecule has 0 spiro atoms. The SMILES string of the molecule is O=C(c1cncc(F)c1)N1CCC(Cc2ccccc2)CC1. The van der Waals surface area contributed by atoms with E-state index >= 15 is 0 Å². The second kappa shape index (κ2) is 6.69. The Balaban J connectivity index is 1.56. The minimum absolute atomic E-state index is 0.120. The number of pyridine rings is 1. The van der Waals surface area contributed by atoms with Gasteiger partial charge >= 0.3 is 0 Å². The average Bonchev–Trinajstić information content (AvgIpc) is 2.56. The maximum atomic E-state index is 13.2. The molecule has 2 heterocycles. The Morgan fingerprint density at radius 3 is 2.59 bits per heavy atom. The van der Waals surface area contributed by atoms with E-state index in [-0.39, 0.29) is 5.91 Å². The van der Waals surface area contributed by atoms with E-state index in [0.29, 0.717) is 11.5 Å². The minimum Gasteiger partial charge on any atom is -0.339 e. The van der Waals surface area contributed by atoms with Crippen LogP contribution in [0.4, 0.5) is 4.39 Å². The molecule has 0 radical (unpaired) electrons. The van der Waals surface area contributed by atoms with Crippen LogP contribution in [0.25, 0.3) is 0 Å². The Kier molecular flexibility index (Phi) is 4.47. The topological polar surface area (TPSA) is 33.2 Å². The molecule has 3 nitrogen and oxygen atoms in total. The lowest BCUT2D eigenvalue weighted by Gasteiger charge is -2.32. The first-order valence-corrected chi connectivity index (χ1v) is 7.66. The minimum atomic E-state index is -0.468. The molecule has 1 aromatic carbocycles. The quantitative estimate of drug-likeness (QED) is 0.871. The summed E-state index contributed by atoms with van der Waals surface area (Å²) < 4.78 is 13.2. The van der Waals surface area contributed by atoms with Gasteiger partial charge in [0.25, 0.3) is 5.91 Å². The van der Waals surface area contributed by atoms with Gasteiger partial charge in [-0.2, -0.15) is 0 Å². The Hall–Kier alpha value is -2.23. The Bertz CT molecular complexity index is 637. The van der Waals surface area contributed by atoms with Gasteiger partial charge in [-0.3, -0.25) is 9.78 Å². The smallest absolute Gasteiger partial charge is 0.255 e. The predicted octanol–water partition coefficient (Wildman–Crippen LogP) is 3.32. The van der Waals surface area contributed by atoms with Gasteiger partial charge in [-0.25, -0.2) is 4.39 Å². The van der Waals surface area contributed by atoms with E-state index in [0.717, 1.165) is 38.5 Å². The number of hydrogen-bond donors (Lipinski definition) is 0. The molecule has 1 aliphatic heterocycles. The van der Waals surface area contributed by atoms with Crippen LogP contribution in [0.15, 0.2) is 48.8 Å². The predicted molar refractivity (Wildman–Crippen MR) is 83.0 cm³/mol. The van der Waals surface area contributed by atoms with Crippen molar-refractivity contribution in [3.8, 4) is 0 Å². The van der Waals surface area contributed by atoms with E-state index in [1.165, 1.54) is 17.8 Å². The van der Waals surface area contributed by atoms with Crippen LogP contribution in [0.5, 0.6) is 0 Å². The molecule has 1 aromatic heterocycles. The Labute approximate surface area is 129 Å². The van der Waals surface area contributed by atoms with E-state index in [4.69, 9.17) is 0 Å². The van der Waals surface area contributed by atoms with Crippen LogP contribution < -0.4 is 0 Å². The molecule has 0 bridgehead atoms. The van der Waals surface area contributed by atoms with Gasteiger partial charge in [0, 0.05) is 19.3 Å². The highest BCUT2D eigenvalue weighted by Crippen LogP contribution is 2.22. The lowest BCUT2D eigenvalue weighted by atomic mass is 9.90. The lowest BCUT2D eigenvalue weighted by Crippen LogP contribution is -2.39. The highest BCUT2D eigenvalue weighted by molar-refractivity contribution is 5.93. The largest absolute Gasteiger partial charge is 0.339 e. The molecule has 1 amide bonds. The summed E-state index contributed by atoms with van der Waals surface area (Å²) in [7, 11) is 0. The van der Waals surface area contributed by atoms with Crippen LogP contribution in [0, 0.1) is 11.7 Å². The maximum Gasteiger partial charge on any atom is 0.255 e. The van der Waals surface area contributed by atoms with Gasteiger partial charge in [-0.05, 0) is 36.8 Å². The highest BCUT2D eigenvalue weighted by Gasteiger charge is 2.24. The maximum absolute atomic E-state index is 13.2. The molecule has 0 unspecified atom stereocenters. The summed E-state index contributed by atoms with van der Waals surface area (Å²) >= 11 is 0. The van der Waals surface area contributed by atoms with Crippen molar-refractivity contribution in [3.05, 3.63) is 65.7 Å². The fourth-order valence-corrected chi connectivity index (χ4v) is 3.00. The summed E-state index contributed by atoms with van der Waals surface area (Å²) in [6.07, 6.45) is 5.58. The van der Waals surface area contributed by atoms with E-state index in [9.17, 15) is 9.18 Å². The number of amides is 1. The van der Waals surface area contributed by atoms with Crippen LogP contribution >= 0.6 is 0 Å². The molecule has 0 N–H and O–H groups in total. The number of carbonyl (C=O) groups excluding carboxylic acids is 1. The second-order valence-corrected chi connectivity index (χ2v) is 5.82. The molecule has 1 saturated heterocycles. The molecule has 2 aromatic rings. The van der Waals surface area contributed by atoms with E-state index in [1.807, 2.05) is 6.07 Å². The Morgan fingerprint density at radius 2 is 1.91 bits per heavy atom. The number of likely N-dealkylation sites (tertiary alicyclic amines) is 1. The van der Waals surface area contributed by atoms with E-state index in [1.54, 1.807) is 4.90 Å². The number of piperidine rings is 1. The zero-order valence-electron chi connectivity index (χ0n) is 12.4. The standard InChI is InChI=1S/C18H19FN2O/c19-17-11-16(12-20-13-17)18(22)21-8-6-15(7-9-21)10-14-4-2-1-3-5-14/h1-5,11-13,15H,6-10H2. The molecule has 1 aliphatic rings. The van der Waals surface area contributed by atoms with E-state index < -0.39 is 5.82 Å². The fourth-order valence-electron chi connectivity index (χ4n) is 3.00. The van der Waals surface area contributed by atoms with Crippen molar-refractivity contribution in [1.82, 2.24) is 9.88 Å². The first kappa shape index (κ1) is 14.7. The van der Waals surface area contributed by atoms with Crippen molar-refractivity contribution < 1.29 is 9.18 Å². The molecule has 114 valence electrons. The van der Waals surface area contributed by atoms with Gasteiger partial charge in [0.05, 0.1) is 11.8 Å². The van der Waals surface area contributed by atoms with Gasteiger partial charge in [0.15, 0.2) is 0 Å². The average molecular weight is 298 g/mol. The Morgan fingerprint density at radius 1 is 1.18 bits per heavy atom. The third-order valence-corrected chi connectivity index (χ3v) is 4.22. The molecule has 4 heteroatoms. The zero-order valence-corrected chi connectivity index (χ0v) is 12.4. The van der Waals surface area contributed by atoms with Crippen molar-refractivity contribution in [1.29, 1.82) is 0 Å². The normalized spacial score (nSPS) is 15.8. The van der Waals surface area contributed by atoms with Gasteiger partial charge < -0.3 is 4.90 Å². The number of halogens is 1. The van der Waals surface area contributed by atoms with Crippen LogP contribution in [-0.2, 0) is 6.42 Å². The molecule has 0 aliphatic carbocycles. The number of aromatic nitrogens is 1. The molecule has 1 fully saturated rings.